The van der Waals surface area contributed by atoms with Gasteiger partial charge in [0.2, 0.25) is 0 Å². The van der Waals surface area contributed by atoms with Gasteiger partial charge in [0.25, 0.3) is 5.91 Å². The zero-order valence-corrected chi connectivity index (χ0v) is 15.1. The minimum atomic E-state index is -0.475. The van der Waals surface area contributed by atoms with Crippen molar-refractivity contribution >= 4 is 28.9 Å². The first-order valence-corrected chi connectivity index (χ1v) is 8.97. The van der Waals surface area contributed by atoms with Crippen LogP contribution in [0, 0.1) is 11.3 Å². The van der Waals surface area contributed by atoms with Gasteiger partial charge < -0.3 is 10.1 Å². The van der Waals surface area contributed by atoms with Gasteiger partial charge in [-0.25, -0.2) is 4.79 Å². The van der Waals surface area contributed by atoms with Crippen molar-refractivity contribution < 1.29 is 14.3 Å². The number of anilines is 1. The molecule has 6 heteroatoms. The Morgan fingerprint density at radius 1 is 1.24 bits per heavy atom. The first kappa shape index (κ1) is 18.7. The van der Waals surface area contributed by atoms with Gasteiger partial charge in [0.1, 0.15) is 4.88 Å². The van der Waals surface area contributed by atoms with Crippen LogP contribution in [0.3, 0.4) is 0 Å². The van der Waals surface area contributed by atoms with Crippen molar-refractivity contribution in [3.05, 3.63) is 51.2 Å². The minimum absolute atomic E-state index is 0.346. The van der Waals surface area contributed by atoms with Gasteiger partial charge in [-0.15, -0.1) is 11.3 Å². The van der Waals surface area contributed by atoms with Crippen molar-refractivity contribution in [1.29, 1.82) is 5.26 Å². The Labute approximate surface area is 151 Å². The van der Waals surface area contributed by atoms with Crippen LogP contribution >= 0.6 is 11.3 Å². The molecule has 1 heterocycles. The molecule has 1 amide bonds. The Hall–Kier alpha value is -2.65. The number of carbonyl (C=O) groups is 2. The smallest absolute Gasteiger partial charge is 0.348 e. The van der Waals surface area contributed by atoms with E-state index in [4.69, 9.17) is 10.00 Å². The van der Waals surface area contributed by atoms with Gasteiger partial charge in [-0.3, -0.25) is 4.79 Å². The van der Waals surface area contributed by atoms with Crippen molar-refractivity contribution in [1.82, 2.24) is 0 Å². The Kier molecular flexibility index (Phi) is 6.72. The highest BCUT2D eigenvalue weighted by Gasteiger charge is 2.16. The molecule has 0 saturated heterocycles. The summed E-state index contributed by atoms with van der Waals surface area (Å²) in [4.78, 5) is 25.8. The number of aryl methyl sites for hydroxylation is 2. The largest absolute Gasteiger partial charge is 0.451 e. The van der Waals surface area contributed by atoms with E-state index in [1.807, 2.05) is 12.1 Å². The average Bonchev–Trinajstić information content (AvgIpc) is 3.04. The van der Waals surface area contributed by atoms with E-state index in [9.17, 15) is 9.59 Å². The molecule has 0 atom stereocenters. The summed E-state index contributed by atoms with van der Waals surface area (Å²) in [5.41, 5.74) is 2.23. The number of nitrogens with zero attached hydrogens (tertiary/aromatic N) is 1. The lowest BCUT2D eigenvalue weighted by atomic mass is 10.1. The number of ether oxygens (including phenoxy) is 1. The highest BCUT2D eigenvalue weighted by atomic mass is 32.1. The van der Waals surface area contributed by atoms with E-state index in [1.54, 1.807) is 24.3 Å². The van der Waals surface area contributed by atoms with Gasteiger partial charge in [-0.05, 0) is 48.7 Å². The quantitative estimate of drug-likeness (QED) is 0.762. The second-order valence-electron chi connectivity index (χ2n) is 5.48. The summed E-state index contributed by atoms with van der Waals surface area (Å²) in [5, 5.41) is 11.4. The number of rotatable bonds is 7. The number of benzene rings is 1. The van der Waals surface area contributed by atoms with Crippen molar-refractivity contribution in [3.63, 3.8) is 0 Å². The second-order valence-corrected chi connectivity index (χ2v) is 6.61. The molecule has 1 aromatic carbocycles. The van der Waals surface area contributed by atoms with Crippen molar-refractivity contribution in [2.24, 2.45) is 0 Å². The van der Waals surface area contributed by atoms with E-state index in [1.165, 1.54) is 21.8 Å². The SMILES string of the molecule is CCCc1sc(C(=O)OCC(=O)Nc2ccc(C#N)cc2)cc1CC. The fourth-order valence-electron chi connectivity index (χ4n) is 2.33. The van der Waals surface area contributed by atoms with Crippen LogP contribution in [0.25, 0.3) is 0 Å². The molecule has 25 heavy (non-hydrogen) atoms. The van der Waals surface area contributed by atoms with Crippen LogP contribution in [-0.4, -0.2) is 18.5 Å². The number of nitrogens with one attached hydrogen (secondary N) is 1. The molecule has 1 aromatic heterocycles. The Morgan fingerprint density at radius 3 is 2.56 bits per heavy atom. The summed E-state index contributed by atoms with van der Waals surface area (Å²) in [6.07, 6.45) is 2.84. The topological polar surface area (TPSA) is 79.2 Å². The minimum Gasteiger partial charge on any atom is -0.451 e. The third-order valence-corrected chi connectivity index (χ3v) is 4.81. The Morgan fingerprint density at radius 2 is 1.96 bits per heavy atom. The van der Waals surface area contributed by atoms with Crippen LogP contribution in [0.5, 0.6) is 0 Å². The lowest BCUT2D eigenvalue weighted by Crippen LogP contribution is -2.20. The van der Waals surface area contributed by atoms with Crippen LogP contribution in [0.15, 0.2) is 30.3 Å². The van der Waals surface area contributed by atoms with E-state index in [-0.39, 0.29) is 6.61 Å². The molecule has 0 aliphatic heterocycles. The monoisotopic (exact) mass is 356 g/mol. The van der Waals surface area contributed by atoms with Crippen molar-refractivity contribution in [3.8, 4) is 6.07 Å². The number of hydrogen-bond donors (Lipinski definition) is 1. The fourth-order valence-corrected chi connectivity index (χ4v) is 3.58. The normalized spacial score (nSPS) is 10.1. The van der Waals surface area contributed by atoms with Gasteiger partial charge in [0.15, 0.2) is 6.61 Å². The lowest BCUT2D eigenvalue weighted by Gasteiger charge is -2.05. The molecule has 0 aliphatic rings. The fraction of sp³-hybridized carbons (Fsp3) is 0.316. The third-order valence-electron chi connectivity index (χ3n) is 3.59. The number of esters is 1. The van der Waals surface area contributed by atoms with E-state index >= 15 is 0 Å². The van der Waals surface area contributed by atoms with Gasteiger partial charge in [-0.2, -0.15) is 5.26 Å². The highest BCUT2D eigenvalue weighted by Crippen LogP contribution is 2.25. The predicted molar refractivity (Wildman–Crippen MR) is 97.8 cm³/mol. The molecule has 0 unspecified atom stereocenters. The standard InChI is InChI=1S/C19H20N2O3S/c1-3-5-16-14(4-2)10-17(25-16)19(23)24-12-18(22)21-15-8-6-13(11-20)7-9-15/h6-10H,3-5,12H2,1-2H3,(H,21,22). The van der Waals surface area contributed by atoms with E-state index in [0.717, 1.165) is 19.3 Å². The maximum Gasteiger partial charge on any atom is 0.348 e. The molecule has 130 valence electrons. The van der Waals surface area contributed by atoms with Crippen LogP contribution in [0.2, 0.25) is 0 Å². The third kappa shape index (κ3) is 5.16. The lowest BCUT2D eigenvalue weighted by molar-refractivity contribution is -0.119. The van der Waals surface area contributed by atoms with Crippen molar-refractivity contribution in [2.75, 3.05) is 11.9 Å². The van der Waals surface area contributed by atoms with Crippen LogP contribution in [0.4, 0.5) is 5.69 Å². The summed E-state index contributed by atoms with van der Waals surface area (Å²) >= 11 is 1.44. The first-order chi connectivity index (χ1) is 12.1. The second kappa shape index (κ2) is 9.00. The molecule has 5 nitrogen and oxygen atoms in total. The maximum atomic E-state index is 12.1. The van der Waals surface area contributed by atoms with Crippen LogP contribution in [-0.2, 0) is 22.4 Å². The highest BCUT2D eigenvalue weighted by molar-refractivity contribution is 7.14. The number of nitriles is 1. The molecule has 0 spiro atoms. The molecular formula is C19H20N2O3S. The summed E-state index contributed by atoms with van der Waals surface area (Å²) < 4.78 is 5.11. The summed E-state index contributed by atoms with van der Waals surface area (Å²) in [5.74, 6) is -0.892. The van der Waals surface area contributed by atoms with Gasteiger partial charge >= 0.3 is 5.97 Å². The van der Waals surface area contributed by atoms with Gasteiger partial charge in [0, 0.05) is 10.6 Å². The average molecular weight is 356 g/mol. The Bertz CT molecular complexity index is 788. The predicted octanol–water partition coefficient (Wildman–Crippen LogP) is 3.93. The van der Waals surface area contributed by atoms with E-state index in [0.29, 0.717) is 16.1 Å². The molecule has 2 aromatic rings. The van der Waals surface area contributed by atoms with Crippen LogP contribution < -0.4 is 5.32 Å². The zero-order chi connectivity index (χ0) is 18.2. The first-order valence-electron chi connectivity index (χ1n) is 8.16. The number of thiophene rings is 1. The molecule has 0 aliphatic carbocycles. The molecule has 0 saturated carbocycles. The summed E-state index contributed by atoms with van der Waals surface area (Å²) in [7, 11) is 0. The number of carbonyl (C=O) groups excluding carboxylic acids is 2. The van der Waals surface area contributed by atoms with Crippen molar-refractivity contribution in [2.45, 2.75) is 33.1 Å². The molecule has 0 fully saturated rings. The Balaban J connectivity index is 1.90. The summed E-state index contributed by atoms with van der Waals surface area (Å²) in [6, 6.07) is 10.3. The number of amides is 1. The van der Waals surface area contributed by atoms with Gasteiger partial charge in [-0.1, -0.05) is 20.3 Å². The zero-order valence-electron chi connectivity index (χ0n) is 14.3. The van der Waals surface area contributed by atoms with Gasteiger partial charge in [0.05, 0.1) is 11.6 Å². The van der Waals surface area contributed by atoms with Crippen LogP contribution in [0.1, 0.15) is 45.9 Å². The molecule has 1 N–H and O–H groups in total. The molecule has 2 rings (SSSR count). The van der Waals surface area contributed by atoms with E-state index < -0.39 is 11.9 Å². The molecular weight excluding hydrogens is 336 g/mol. The van der Waals surface area contributed by atoms with E-state index in [2.05, 4.69) is 19.2 Å². The summed E-state index contributed by atoms with van der Waals surface area (Å²) in [6.45, 7) is 3.81. The molecule has 0 bridgehead atoms. The number of hydrogen-bond acceptors (Lipinski definition) is 5. The maximum absolute atomic E-state index is 12.1. The molecule has 0 radical (unpaired) electrons.